The number of nitrogens with one attached hydrogen (secondary N) is 1. The molecule has 2 aromatic rings. The van der Waals surface area contributed by atoms with Crippen molar-refractivity contribution in [2.45, 2.75) is 46.3 Å². The van der Waals surface area contributed by atoms with Gasteiger partial charge < -0.3 is 9.73 Å². The van der Waals surface area contributed by atoms with E-state index in [1.807, 2.05) is 30.8 Å². The van der Waals surface area contributed by atoms with Gasteiger partial charge in [0.25, 0.3) is 0 Å². The highest BCUT2D eigenvalue weighted by Gasteiger charge is 2.07. The summed E-state index contributed by atoms with van der Waals surface area (Å²) in [5.74, 6) is 1.66. The van der Waals surface area contributed by atoms with Crippen LogP contribution < -0.4 is 5.32 Å². The third-order valence-corrected chi connectivity index (χ3v) is 3.02. The second-order valence-corrected chi connectivity index (χ2v) is 4.59. The molecule has 2 heterocycles. The van der Waals surface area contributed by atoms with E-state index in [0.29, 0.717) is 12.6 Å². The highest BCUT2D eigenvalue weighted by atomic mass is 16.4. The van der Waals surface area contributed by atoms with Crippen LogP contribution in [0.3, 0.4) is 0 Å². The molecule has 18 heavy (non-hydrogen) atoms. The summed E-state index contributed by atoms with van der Waals surface area (Å²) in [5.41, 5.74) is 0.969. The van der Waals surface area contributed by atoms with E-state index in [-0.39, 0.29) is 0 Å². The Morgan fingerprint density at radius 3 is 2.89 bits per heavy atom. The van der Waals surface area contributed by atoms with Crippen LogP contribution in [-0.4, -0.2) is 20.8 Å². The van der Waals surface area contributed by atoms with E-state index >= 15 is 0 Å². The minimum atomic E-state index is 0.404. The van der Waals surface area contributed by atoms with E-state index in [9.17, 15) is 0 Å². The zero-order chi connectivity index (χ0) is 13.0. The number of aromatic nitrogens is 3. The quantitative estimate of drug-likeness (QED) is 0.850. The first-order chi connectivity index (χ1) is 8.65. The average molecular weight is 248 g/mol. The maximum atomic E-state index is 5.52. The van der Waals surface area contributed by atoms with Gasteiger partial charge in [-0.05, 0) is 33.3 Å². The van der Waals surface area contributed by atoms with Crippen LogP contribution in [0.25, 0.3) is 0 Å². The van der Waals surface area contributed by atoms with Crippen LogP contribution in [0, 0.1) is 13.8 Å². The monoisotopic (exact) mass is 248 g/mol. The fourth-order valence-corrected chi connectivity index (χ4v) is 1.74. The van der Waals surface area contributed by atoms with Gasteiger partial charge in [0.2, 0.25) is 5.89 Å². The SMILES string of the molecule is Cc1nc(CNC(C)CCn2cccn2)oc1C. The Kier molecular flexibility index (Phi) is 4.15. The fraction of sp³-hybridized carbons (Fsp3) is 0.538. The second-order valence-electron chi connectivity index (χ2n) is 4.59. The van der Waals surface area contributed by atoms with Crippen molar-refractivity contribution in [3.8, 4) is 0 Å². The maximum absolute atomic E-state index is 5.52. The van der Waals surface area contributed by atoms with Crippen molar-refractivity contribution >= 4 is 0 Å². The zero-order valence-electron chi connectivity index (χ0n) is 11.2. The molecule has 2 rings (SSSR count). The van der Waals surface area contributed by atoms with Crippen LogP contribution in [0.15, 0.2) is 22.9 Å². The minimum Gasteiger partial charge on any atom is -0.444 e. The molecule has 0 aliphatic heterocycles. The van der Waals surface area contributed by atoms with Crippen molar-refractivity contribution in [1.29, 1.82) is 0 Å². The van der Waals surface area contributed by atoms with Crippen molar-refractivity contribution in [2.24, 2.45) is 0 Å². The maximum Gasteiger partial charge on any atom is 0.208 e. The molecule has 1 atom stereocenters. The third-order valence-electron chi connectivity index (χ3n) is 3.02. The van der Waals surface area contributed by atoms with Gasteiger partial charge in [-0.3, -0.25) is 4.68 Å². The molecular formula is C13H20N4O. The van der Waals surface area contributed by atoms with Crippen LogP contribution in [0.1, 0.15) is 30.7 Å². The molecular weight excluding hydrogens is 228 g/mol. The third kappa shape index (κ3) is 3.43. The summed E-state index contributed by atoms with van der Waals surface area (Å²) in [5, 5.41) is 7.58. The van der Waals surface area contributed by atoms with Crippen LogP contribution in [0.4, 0.5) is 0 Å². The van der Waals surface area contributed by atoms with Crippen LogP contribution in [0.2, 0.25) is 0 Å². The van der Waals surface area contributed by atoms with E-state index in [0.717, 1.165) is 30.3 Å². The van der Waals surface area contributed by atoms with Gasteiger partial charge in [-0.1, -0.05) is 0 Å². The Bertz CT molecular complexity index is 456. The van der Waals surface area contributed by atoms with Crippen LogP contribution in [-0.2, 0) is 13.1 Å². The molecule has 0 amide bonds. The molecule has 98 valence electrons. The lowest BCUT2D eigenvalue weighted by molar-refractivity contribution is 0.405. The topological polar surface area (TPSA) is 55.9 Å². The molecule has 0 aromatic carbocycles. The summed E-state index contributed by atoms with van der Waals surface area (Å²) in [7, 11) is 0. The van der Waals surface area contributed by atoms with Crippen molar-refractivity contribution < 1.29 is 4.42 Å². The number of nitrogens with zero attached hydrogens (tertiary/aromatic N) is 3. The van der Waals surface area contributed by atoms with E-state index in [1.54, 1.807) is 6.20 Å². The second kappa shape index (κ2) is 5.82. The van der Waals surface area contributed by atoms with Gasteiger partial charge in [-0.25, -0.2) is 4.98 Å². The van der Waals surface area contributed by atoms with Gasteiger partial charge in [0.1, 0.15) is 5.76 Å². The lowest BCUT2D eigenvalue weighted by Crippen LogP contribution is -2.27. The molecule has 2 aromatic heterocycles. The smallest absolute Gasteiger partial charge is 0.208 e. The molecule has 0 aliphatic carbocycles. The summed E-state index contributed by atoms with van der Waals surface area (Å²) in [6.07, 6.45) is 4.81. The standard InChI is InChI=1S/C13H20N4O/c1-10(5-8-17-7-4-6-15-17)14-9-13-16-11(2)12(3)18-13/h4,6-7,10,14H,5,8-9H2,1-3H3. The number of rotatable bonds is 6. The molecule has 1 unspecified atom stereocenters. The Morgan fingerprint density at radius 2 is 2.28 bits per heavy atom. The van der Waals surface area contributed by atoms with E-state index in [2.05, 4.69) is 22.3 Å². The van der Waals surface area contributed by atoms with Gasteiger partial charge in [0, 0.05) is 25.0 Å². The van der Waals surface area contributed by atoms with Crippen molar-refractivity contribution in [2.75, 3.05) is 0 Å². The van der Waals surface area contributed by atoms with E-state index < -0.39 is 0 Å². The summed E-state index contributed by atoms with van der Waals surface area (Å²) in [6, 6.07) is 2.35. The largest absolute Gasteiger partial charge is 0.444 e. The molecule has 0 radical (unpaired) electrons. The predicted octanol–water partition coefficient (Wildman–Crippen LogP) is 2.06. The molecule has 5 heteroatoms. The average Bonchev–Trinajstić information content (AvgIpc) is 2.95. The molecule has 0 spiro atoms. The number of hydrogen-bond acceptors (Lipinski definition) is 4. The Balaban J connectivity index is 1.73. The summed E-state index contributed by atoms with van der Waals surface area (Å²) >= 11 is 0. The summed E-state index contributed by atoms with van der Waals surface area (Å²) in [4.78, 5) is 4.35. The number of hydrogen-bond donors (Lipinski definition) is 1. The molecule has 0 saturated carbocycles. The molecule has 5 nitrogen and oxygen atoms in total. The van der Waals surface area contributed by atoms with Crippen LogP contribution >= 0.6 is 0 Å². The van der Waals surface area contributed by atoms with E-state index in [4.69, 9.17) is 4.42 Å². The highest BCUT2D eigenvalue weighted by molar-refractivity contribution is 5.05. The molecule has 1 N–H and O–H groups in total. The van der Waals surface area contributed by atoms with Crippen molar-refractivity contribution in [1.82, 2.24) is 20.1 Å². The molecule has 0 fully saturated rings. The van der Waals surface area contributed by atoms with Gasteiger partial charge in [-0.15, -0.1) is 0 Å². The number of aryl methyl sites for hydroxylation is 3. The lowest BCUT2D eigenvalue weighted by atomic mass is 10.2. The van der Waals surface area contributed by atoms with Crippen molar-refractivity contribution in [3.63, 3.8) is 0 Å². The Morgan fingerprint density at radius 1 is 1.44 bits per heavy atom. The lowest BCUT2D eigenvalue weighted by Gasteiger charge is -2.12. The van der Waals surface area contributed by atoms with Gasteiger partial charge in [-0.2, -0.15) is 5.10 Å². The highest BCUT2D eigenvalue weighted by Crippen LogP contribution is 2.08. The van der Waals surface area contributed by atoms with Crippen LogP contribution in [0.5, 0.6) is 0 Å². The molecule has 0 bridgehead atoms. The first-order valence-electron chi connectivity index (χ1n) is 6.29. The van der Waals surface area contributed by atoms with E-state index in [1.165, 1.54) is 0 Å². The summed E-state index contributed by atoms with van der Waals surface area (Å²) in [6.45, 7) is 7.66. The predicted molar refractivity (Wildman–Crippen MR) is 69.1 cm³/mol. The summed E-state index contributed by atoms with van der Waals surface area (Å²) < 4.78 is 7.47. The molecule has 0 aliphatic rings. The Labute approximate surface area is 107 Å². The van der Waals surface area contributed by atoms with Gasteiger partial charge in [0.05, 0.1) is 12.2 Å². The fourth-order valence-electron chi connectivity index (χ4n) is 1.74. The Hall–Kier alpha value is -1.62. The first kappa shape index (κ1) is 12.8. The van der Waals surface area contributed by atoms with Gasteiger partial charge >= 0.3 is 0 Å². The zero-order valence-corrected chi connectivity index (χ0v) is 11.2. The normalized spacial score (nSPS) is 12.8. The minimum absolute atomic E-state index is 0.404. The number of oxazole rings is 1. The van der Waals surface area contributed by atoms with Crippen molar-refractivity contribution in [3.05, 3.63) is 35.8 Å². The first-order valence-corrected chi connectivity index (χ1v) is 6.29. The van der Waals surface area contributed by atoms with Gasteiger partial charge in [0.15, 0.2) is 0 Å². The molecule has 0 saturated heterocycles.